The number of non-ortho nitro benzene ring substituents is 1. The highest BCUT2D eigenvalue weighted by Crippen LogP contribution is 2.37. The first-order chi connectivity index (χ1) is 11.9. The average Bonchev–Trinajstić information content (AvgIpc) is 2.57. The van der Waals surface area contributed by atoms with Crippen LogP contribution >= 0.6 is 15.9 Å². The van der Waals surface area contributed by atoms with Gasteiger partial charge in [-0.15, -0.1) is 0 Å². The number of hydrogen-bond donors (Lipinski definition) is 1. The molecule has 0 aromatic heterocycles. The first-order valence-corrected chi connectivity index (χ1v) is 8.27. The van der Waals surface area contributed by atoms with Crippen LogP contribution in [0.25, 0.3) is 0 Å². The van der Waals surface area contributed by atoms with E-state index >= 15 is 0 Å². The molecular weight excluding hydrogens is 390 g/mol. The molecule has 0 aliphatic carbocycles. The Labute approximate surface area is 153 Å². The topological polar surface area (TPSA) is 86.0 Å². The van der Waals surface area contributed by atoms with E-state index in [9.17, 15) is 10.1 Å². The number of nitrogens with zero attached hydrogens (tertiary/aromatic N) is 2. The molecule has 0 aliphatic heterocycles. The van der Waals surface area contributed by atoms with Crippen molar-refractivity contribution in [3.63, 3.8) is 0 Å². The van der Waals surface area contributed by atoms with Gasteiger partial charge in [-0.05, 0) is 59.6 Å². The van der Waals surface area contributed by atoms with E-state index in [-0.39, 0.29) is 11.8 Å². The number of methoxy groups -OCH3 is 1. The first-order valence-electron chi connectivity index (χ1n) is 7.48. The van der Waals surface area contributed by atoms with E-state index in [0.29, 0.717) is 17.2 Å². The number of rotatable bonds is 7. The van der Waals surface area contributed by atoms with Crippen molar-refractivity contribution < 1.29 is 14.4 Å². The largest absolute Gasteiger partial charge is 0.493 e. The van der Waals surface area contributed by atoms with Crippen molar-refractivity contribution in [2.75, 3.05) is 12.5 Å². The van der Waals surface area contributed by atoms with Gasteiger partial charge >= 0.3 is 0 Å². The van der Waals surface area contributed by atoms with Crippen LogP contribution in [-0.2, 0) is 0 Å². The Hall–Kier alpha value is -2.61. The van der Waals surface area contributed by atoms with Crippen LogP contribution < -0.4 is 14.9 Å². The second-order valence-corrected chi connectivity index (χ2v) is 6.23. The lowest BCUT2D eigenvalue weighted by molar-refractivity contribution is -0.384. The predicted octanol–water partition coefficient (Wildman–Crippen LogP) is 4.60. The minimum Gasteiger partial charge on any atom is -0.493 e. The highest BCUT2D eigenvalue weighted by Gasteiger charge is 2.12. The summed E-state index contributed by atoms with van der Waals surface area (Å²) in [5.74, 6) is 1.23. The van der Waals surface area contributed by atoms with Crippen molar-refractivity contribution in [1.82, 2.24) is 0 Å². The number of anilines is 1. The number of nitro benzene ring substituents is 1. The van der Waals surface area contributed by atoms with E-state index < -0.39 is 4.92 Å². The number of benzene rings is 2. The second-order valence-electron chi connectivity index (χ2n) is 5.37. The van der Waals surface area contributed by atoms with Crippen LogP contribution in [0.2, 0.25) is 0 Å². The summed E-state index contributed by atoms with van der Waals surface area (Å²) in [6.07, 6.45) is 1.64. The maximum Gasteiger partial charge on any atom is 0.269 e. The van der Waals surface area contributed by atoms with Gasteiger partial charge in [-0.2, -0.15) is 5.10 Å². The van der Waals surface area contributed by atoms with Crippen LogP contribution in [0.5, 0.6) is 11.5 Å². The zero-order chi connectivity index (χ0) is 18.4. The zero-order valence-corrected chi connectivity index (χ0v) is 15.6. The molecule has 2 rings (SSSR count). The summed E-state index contributed by atoms with van der Waals surface area (Å²) in [5, 5.41) is 14.8. The van der Waals surface area contributed by atoms with Gasteiger partial charge in [0.15, 0.2) is 11.5 Å². The molecule has 2 aromatic rings. The molecule has 7 nitrogen and oxygen atoms in total. The van der Waals surface area contributed by atoms with Crippen LogP contribution in [0.4, 0.5) is 11.4 Å². The lowest BCUT2D eigenvalue weighted by atomic mass is 10.2. The molecule has 0 saturated carbocycles. The third-order valence-electron chi connectivity index (χ3n) is 3.09. The minimum atomic E-state index is -0.447. The SMILES string of the molecule is COc1cc(/C=N/Nc2ccc([N+](=O)[O-])cc2)cc(Br)c1OC(C)C. The second kappa shape index (κ2) is 8.48. The molecule has 132 valence electrons. The highest BCUT2D eigenvalue weighted by atomic mass is 79.9. The molecule has 0 unspecified atom stereocenters. The minimum absolute atomic E-state index is 0.0218. The zero-order valence-electron chi connectivity index (χ0n) is 14.0. The molecular formula is C17H18BrN3O4. The van der Waals surface area contributed by atoms with Gasteiger partial charge in [0.05, 0.1) is 34.5 Å². The molecule has 25 heavy (non-hydrogen) atoms. The van der Waals surface area contributed by atoms with E-state index in [1.165, 1.54) is 12.1 Å². The molecule has 0 aliphatic rings. The Balaban J connectivity index is 2.12. The smallest absolute Gasteiger partial charge is 0.269 e. The van der Waals surface area contributed by atoms with Crippen molar-refractivity contribution in [3.05, 3.63) is 56.5 Å². The van der Waals surface area contributed by atoms with Crippen molar-refractivity contribution in [1.29, 1.82) is 0 Å². The fourth-order valence-electron chi connectivity index (χ4n) is 2.00. The van der Waals surface area contributed by atoms with Gasteiger partial charge in [0.25, 0.3) is 5.69 Å². The van der Waals surface area contributed by atoms with E-state index in [0.717, 1.165) is 10.0 Å². The Kier molecular flexibility index (Phi) is 6.35. The van der Waals surface area contributed by atoms with Crippen molar-refractivity contribution in [2.24, 2.45) is 5.10 Å². The van der Waals surface area contributed by atoms with E-state index in [4.69, 9.17) is 9.47 Å². The maximum absolute atomic E-state index is 10.6. The number of nitrogens with one attached hydrogen (secondary N) is 1. The molecule has 0 saturated heterocycles. The molecule has 0 heterocycles. The van der Waals surface area contributed by atoms with E-state index in [2.05, 4.69) is 26.5 Å². The Morgan fingerprint density at radius 2 is 1.96 bits per heavy atom. The van der Waals surface area contributed by atoms with Gasteiger partial charge in [-0.25, -0.2) is 0 Å². The van der Waals surface area contributed by atoms with Crippen LogP contribution in [0.3, 0.4) is 0 Å². The number of hydrazone groups is 1. The lowest BCUT2D eigenvalue weighted by Gasteiger charge is -2.15. The first kappa shape index (κ1) is 18.7. The highest BCUT2D eigenvalue weighted by molar-refractivity contribution is 9.10. The van der Waals surface area contributed by atoms with Gasteiger partial charge in [0, 0.05) is 12.1 Å². The number of hydrogen-bond acceptors (Lipinski definition) is 6. The van der Waals surface area contributed by atoms with Crippen LogP contribution in [0, 0.1) is 10.1 Å². The summed E-state index contributed by atoms with van der Waals surface area (Å²) >= 11 is 3.47. The Bertz CT molecular complexity index is 776. The van der Waals surface area contributed by atoms with Crippen molar-refractivity contribution in [3.8, 4) is 11.5 Å². The monoisotopic (exact) mass is 407 g/mol. The average molecular weight is 408 g/mol. The third kappa shape index (κ3) is 5.18. The maximum atomic E-state index is 10.6. The Morgan fingerprint density at radius 1 is 1.28 bits per heavy atom. The molecule has 0 fully saturated rings. The Morgan fingerprint density at radius 3 is 2.52 bits per heavy atom. The molecule has 0 amide bonds. The molecule has 2 aromatic carbocycles. The van der Waals surface area contributed by atoms with Gasteiger partial charge in [0.2, 0.25) is 0 Å². The number of nitro groups is 1. The predicted molar refractivity (Wildman–Crippen MR) is 101 cm³/mol. The summed E-state index contributed by atoms with van der Waals surface area (Å²) < 4.78 is 11.9. The standard InChI is InChI=1S/C17H18BrN3O4/c1-11(2)25-17-15(18)8-12(9-16(17)24-3)10-19-20-13-4-6-14(7-5-13)21(22)23/h4-11,20H,1-3H3/b19-10+. The normalized spacial score (nSPS) is 10.9. The van der Waals surface area contributed by atoms with Crippen molar-refractivity contribution >= 4 is 33.5 Å². The number of halogens is 1. The molecule has 0 radical (unpaired) electrons. The van der Waals surface area contributed by atoms with E-state index in [1.807, 2.05) is 26.0 Å². The lowest BCUT2D eigenvalue weighted by Crippen LogP contribution is -2.07. The van der Waals surface area contributed by atoms with E-state index in [1.54, 1.807) is 25.5 Å². The van der Waals surface area contributed by atoms with Crippen LogP contribution in [-0.4, -0.2) is 24.4 Å². The van der Waals surface area contributed by atoms with Gasteiger partial charge in [-0.1, -0.05) is 0 Å². The van der Waals surface area contributed by atoms with Crippen LogP contribution in [0.15, 0.2) is 46.0 Å². The third-order valence-corrected chi connectivity index (χ3v) is 3.68. The summed E-state index contributed by atoms with van der Waals surface area (Å²) in [6.45, 7) is 3.88. The van der Waals surface area contributed by atoms with Crippen LogP contribution in [0.1, 0.15) is 19.4 Å². The summed E-state index contributed by atoms with van der Waals surface area (Å²) in [4.78, 5) is 10.2. The molecule has 8 heteroatoms. The summed E-state index contributed by atoms with van der Waals surface area (Å²) in [7, 11) is 1.57. The van der Waals surface area contributed by atoms with Gasteiger partial charge < -0.3 is 9.47 Å². The van der Waals surface area contributed by atoms with Gasteiger partial charge in [0.1, 0.15) is 0 Å². The molecule has 1 N–H and O–H groups in total. The van der Waals surface area contributed by atoms with Crippen molar-refractivity contribution in [2.45, 2.75) is 20.0 Å². The fraction of sp³-hybridized carbons (Fsp3) is 0.235. The summed E-state index contributed by atoms with van der Waals surface area (Å²) in [6, 6.07) is 9.67. The fourth-order valence-corrected chi connectivity index (χ4v) is 2.56. The molecule has 0 atom stereocenters. The quantitative estimate of drug-likeness (QED) is 0.411. The summed E-state index contributed by atoms with van der Waals surface area (Å²) in [5.41, 5.74) is 4.30. The number of ether oxygens (including phenoxy) is 2. The molecule has 0 spiro atoms. The molecule has 0 bridgehead atoms. The van der Waals surface area contributed by atoms with Gasteiger partial charge in [-0.3, -0.25) is 15.5 Å².